The van der Waals surface area contributed by atoms with Gasteiger partial charge in [-0.2, -0.15) is 0 Å². The number of halogens is 1. The van der Waals surface area contributed by atoms with E-state index in [-0.39, 0.29) is 30.3 Å². The molecule has 3 aromatic rings. The number of likely N-dealkylation sites (N-methyl/N-ethyl adjacent to an activating group) is 1. The van der Waals surface area contributed by atoms with E-state index in [4.69, 9.17) is 4.74 Å². The third-order valence-electron chi connectivity index (χ3n) is 5.57. The second-order valence-corrected chi connectivity index (χ2v) is 8.32. The number of anilines is 1. The van der Waals surface area contributed by atoms with Crippen molar-refractivity contribution < 1.29 is 18.7 Å². The molecule has 0 radical (unpaired) electrons. The van der Waals surface area contributed by atoms with E-state index < -0.39 is 0 Å². The van der Waals surface area contributed by atoms with Crippen molar-refractivity contribution in [2.24, 2.45) is 0 Å². The van der Waals surface area contributed by atoms with Crippen LogP contribution in [0.3, 0.4) is 0 Å². The van der Waals surface area contributed by atoms with Gasteiger partial charge in [0.15, 0.2) is 0 Å². The summed E-state index contributed by atoms with van der Waals surface area (Å²) in [4.78, 5) is 30.4. The van der Waals surface area contributed by atoms with Crippen molar-refractivity contribution in [2.45, 2.75) is 33.4 Å². The van der Waals surface area contributed by atoms with E-state index in [1.807, 2.05) is 56.0 Å². The molecule has 6 heteroatoms. The highest BCUT2D eigenvalue weighted by molar-refractivity contribution is 6.36. The van der Waals surface area contributed by atoms with Crippen molar-refractivity contribution in [1.29, 1.82) is 0 Å². The Labute approximate surface area is 199 Å². The number of hydrogen-bond donors (Lipinski definition) is 0. The first kappa shape index (κ1) is 23.2. The van der Waals surface area contributed by atoms with E-state index in [1.54, 1.807) is 36.4 Å². The van der Waals surface area contributed by atoms with E-state index in [0.717, 1.165) is 5.69 Å². The van der Waals surface area contributed by atoms with E-state index in [2.05, 4.69) is 0 Å². The molecular formula is C28H27FN2O3. The van der Waals surface area contributed by atoms with Crippen LogP contribution in [0.1, 0.15) is 31.9 Å². The summed E-state index contributed by atoms with van der Waals surface area (Å²) >= 11 is 0. The smallest absolute Gasteiger partial charge is 0.278 e. The van der Waals surface area contributed by atoms with Crippen molar-refractivity contribution in [3.8, 4) is 5.75 Å². The molecule has 0 aliphatic carbocycles. The number of carbonyl (C=O) groups excluding carboxylic acids is 2. The Morgan fingerprint density at radius 2 is 1.53 bits per heavy atom. The number of amides is 2. The minimum Gasteiger partial charge on any atom is -0.491 e. The molecule has 2 amide bonds. The molecule has 0 fully saturated rings. The molecule has 0 bridgehead atoms. The molecule has 0 N–H and O–H groups in total. The SMILES string of the molecule is CCN(C1=C(c2ccc(OC(C)C)cc2)C(=O)N(Cc2ccc(F)cc2)C1=O)c1ccccc1. The maximum atomic E-state index is 13.7. The highest BCUT2D eigenvalue weighted by Crippen LogP contribution is 2.35. The summed E-state index contributed by atoms with van der Waals surface area (Å²) in [7, 11) is 0. The van der Waals surface area contributed by atoms with Gasteiger partial charge in [-0.25, -0.2) is 4.39 Å². The minimum absolute atomic E-state index is 0.0233. The predicted octanol–water partition coefficient (Wildman–Crippen LogP) is 5.42. The van der Waals surface area contributed by atoms with Crippen molar-refractivity contribution >= 4 is 23.1 Å². The maximum Gasteiger partial charge on any atom is 0.278 e. The zero-order chi connectivity index (χ0) is 24.2. The fourth-order valence-electron chi connectivity index (χ4n) is 4.04. The molecule has 3 aromatic carbocycles. The Morgan fingerprint density at radius 3 is 2.12 bits per heavy atom. The number of ether oxygens (including phenoxy) is 1. The molecule has 0 spiro atoms. The first-order chi connectivity index (χ1) is 16.4. The van der Waals surface area contributed by atoms with Crippen molar-refractivity contribution in [1.82, 2.24) is 4.90 Å². The first-order valence-corrected chi connectivity index (χ1v) is 11.3. The fraction of sp³-hybridized carbons (Fsp3) is 0.214. The Morgan fingerprint density at radius 1 is 0.882 bits per heavy atom. The third-order valence-corrected chi connectivity index (χ3v) is 5.57. The summed E-state index contributed by atoms with van der Waals surface area (Å²) in [5.74, 6) is -0.433. The molecule has 0 saturated heterocycles. The molecule has 0 saturated carbocycles. The van der Waals surface area contributed by atoms with Gasteiger partial charge in [-0.05, 0) is 68.3 Å². The molecule has 0 atom stereocenters. The molecular weight excluding hydrogens is 431 g/mol. The number of rotatable bonds is 8. The molecule has 4 rings (SSSR count). The highest BCUT2D eigenvalue weighted by atomic mass is 19.1. The van der Waals surface area contributed by atoms with Crippen molar-refractivity contribution in [2.75, 3.05) is 11.4 Å². The molecule has 174 valence electrons. The number of benzene rings is 3. The van der Waals surface area contributed by atoms with Crippen molar-refractivity contribution in [3.05, 3.63) is 102 Å². The molecule has 1 aliphatic rings. The topological polar surface area (TPSA) is 49.9 Å². The van der Waals surface area contributed by atoms with E-state index in [9.17, 15) is 14.0 Å². The minimum atomic E-state index is -0.378. The molecule has 5 nitrogen and oxygen atoms in total. The number of hydrogen-bond acceptors (Lipinski definition) is 4. The summed E-state index contributed by atoms with van der Waals surface area (Å²) in [6.45, 7) is 6.39. The highest BCUT2D eigenvalue weighted by Gasteiger charge is 2.41. The van der Waals surface area contributed by atoms with Gasteiger partial charge < -0.3 is 9.64 Å². The monoisotopic (exact) mass is 458 g/mol. The lowest BCUT2D eigenvalue weighted by Crippen LogP contribution is -2.34. The standard InChI is InChI=1S/C28H27FN2O3/c1-4-30(23-8-6-5-7-9-23)26-25(21-12-16-24(17-13-21)34-19(2)3)27(32)31(28(26)33)18-20-10-14-22(29)15-11-20/h5-17,19H,4,18H2,1-3H3. The summed E-state index contributed by atoms with van der Waals surface area (Å²) in [6.07, 6.45) is 0.0233. The van der Waals surface area contributed by atoms with Crippen LogP contribution in [-0.2, 0) is 16.1 Å². The van der Waals surface area contributed by atoms with Gasteiger partial charge in [0.2, 0.25) is 0 Å². The molecule has 1 heterocycles. The summed E-state index contributed by atoms with van der Waals surface area (Å²) in [6, 6.07) is 22.6. The molecule has 0 aromatic heterocycles. The number of imide groups is 1. The van der Waals surface area contributed by atoms with E-state index >= 15 is 0 Å². The Balaban J connectivity index is 1.78. The molecule has 1 aliphatic heterocycles. The number of carbonyl (C=O) groups is 2. The van der Waals surface area contributed by atoms with Crippen LogP contribution in [0, 0.1) is 5.82 Å². The van der Waals surface area contributed by atoms with Crippen LogP contribution >= 0.6 is 0 Å². The zero-order valence-electron chi connectivity index (χ0n) is 19.5. The van der Waals surface area contributed by atoms with Gasteiger partial charge in [0.25, 0.3) is 11.8 Å². The predicted molar refractivity (Wildman–Crippen MR) is 131 cm³/mol. The fourth-order valence-corrected chi connectivity index (χ4v) is 4.04. The number of nitrogens with zero attached hydrogens (tertiary/aromatic N) is 2. The summed E-state index contributed by atoms with van der Waals surface area (Å²) in [5.41, 5.74) is 2.81. The average Bonchev–Trinajstić information content (AvgIpc) is 3.07. The van der Waals surface area contributed by atoms with E-state index in [1.165, 1.54) is 17.0 Å². The van der Waals surface area contributed by atoms with Gasteiger partial charge in [0, 0.05) is 12.2 Å². The van der Waals surface area contributed by atoms with E-state index in [0.29, 0.717) is 34.7 Å². The summed E-state index contributed by atoms with van der Waals surface area (Å²) in [5, 5.41) is 0. The third kappa shape index (κ3) is 4.71. The lowest BCUT2D eigenvalue weighted by Gasteiger charge is -2.25. The quantitative estimate of drug-likeness (QED) is 0.423. The largest absolute Gasteiger partial charge is 0.491 e. The Bertz CT molecular complexity index is 1200. The second kappa shape index (κ2) is 9.91. The lowest BCUT2D eigenvalue weighted by molar-refractivity contribution is -0.137. The van der Waals surface area contributed by atoms with Gasteiger partial charge in [0.05, 0.1) is 18.2 Å². The molecule has 34 heavy (non-hydrogen) atoms. The first-order valence-electron chi connectivity index (χ1n) is 11.3. The summed E-state index contributed by atoms with van der Waals surface area (Å²) < 4.78 is 19.1. The van der Waals surface area contributed by atoms with Crippen LogP contribution in [0.25, 0.3) is 5.57 Å². The van der Waals surface area contributed by atoms with Gasteiger partial charge in [-0.3, -0.25) is 14.5 Å². The Kier molecular flexibility index (Phi) is 6.77. The van der Waals surface area contributed by atoms with Crippen LogP contribution in [0.15, 0.2) is 84.6 Å². The second-order valence-electron chi connectivity index (χ2n) is 8.32. The van der Waals surface area contributed by atoms with Gasteiger partial charge in [-0.1, -0.05) is 42.5 Å². The van der Waals surface area contributed by atoms with Crippen LogP contribution in [0.4, 0.5) is 10.1 Å². The average molecular weight is 459 g/mol. The van der Waals surface area contributed by atoms with Crippen LogP contribution in [0.2, 0.25) is 0 Å². The zero-order valence-corrected chi connectivity index (χ0v) is 19.5. The Hall–Kier alpha value is -3.93. The lowest BCUT2D eigenvalue weighted by atomic mass is 10.0. The van der Waals surface area contributed by atoms with Crippen LogP contribution < -0.4 is 9.64 Å². The molecule has 0 unspecified atom stereocenters. The van der Waals surface area contributed by atoms with Gasteiger partial charge in [0.1, 0.15) is 17.3 Å². The van der Waals surface area contributed by atoms with Crippen LogP contribution in [-0.4, -0.2) is 29.4 Å². The van der Waals surface area contributed by atoms with Gasteiger partial charge >= 0.3 is 0 Å². The van der Waals surface area contributed by atoms with Crippen LogP contribution in [0.5, 0.6) is 5.75 Å². The normalized spacial score (nSPS) is 13.7. The number of para-hydroxylation sites is 1. The van der Waals surface area contributed by atoms with Crippen molar-refractivity contribution in [3.63, 3.8) is 0 Å². The maximum absolute atomic E-state index is 13.7. The van der Waals surface area contributed by atoms with Gasteiger partial charge in [-0.15, -0.1) is 0 Å².